The minimum Gasteiger partial charge on any atom is -0.468 e. The molecular formula is C11H14F3NO3. The average molecular weight is 265 g/mol. The molecule has 1 unspecified atom stereocenters. The smallest absolute Gasteiger partial charge is 0.409 e. The molecule has 0 bridgehead atoms. The number of methoxy groups -OCH3 is 1. The highest BCUT2D eigenvalue weighted by molar-refractivity contribution is 5.82. The summed E-state index contributed by atoms with van der Waals surface area (Å²) >= 11 is 0. The highest BCUT2D eigenvalue weighted by Crippen LogP contribution is 2.37. The molecule has 0 saturated carbocycles. The van der Waals surface area contributed by atoms with Crippen LogP contribution in [-0.4, -0.2) is 56.0 Å². The van der Waals surface area contributed by atoms with Crippen LogP contribution in [0.2, 0.25) is 0 Å². The molecular weight excluding hydrogens is 251 g/mol. The molecule has 2 rings (SSSR count). The van der Waals surface area contributed by atoms with Gasteiger partial charge < -0.3 is 9.47 Å². The van der Waals surface area contributed by atoms with Crippen LogP contribution in [0.3, 0.4) is 0 Å². The Balaban J connectivity index is 2.27. The topological polar surface area (TPSA) is 38.8 Å². The number of carbonyl (C=O) groups excluding carboxylic acids is 1. The van der Waals surface area contributed by atoms with Crippen LogP contribution >= 0.6 is 0 Å². The van der Waals surface area contributed by atoms with Gasteiger partial charge in [0.2, 0.25) is 0 Å². The van der Waals surface area contributed by atoms with E-state index in [0.29, 0.717) is 13.2 Å². The van der Waals surface area contributed by atoms with E-state index in [0.717, 1.165) is 0 Å². The number of fused-ring (bicyclic) bond motifs is 1. The van der Waals surface area contributed by atoms with Gasteiger partial charge in [-0.15, -0.1) is 0 Å². The molecule has 7 heteroatoms. The quantitative estimate of drug-likeness (QED) is 0.526. The lowest BCUT2D eigenvalue weighted by atomic mass is 9.94. The van der Waals surface area contributed by atoms with Crippen LogP contribution in [0.4, 0.5) is 13.2 Å². The zero-order valence-electron chi connectivity index (χ0n) is 9.92. The average Bonchev–Trinajstić information content (AvgIpc) is 2.64. The largest absolute Gasteiger partial charge is 0.468 e. The Hall–Kier alpha value is -1.08. The van der Waals surface area contributed by atoms with Gasteiger partial charge in [0.1, 0.15) is 5.54 Å². The fourth-order valence-corrected chi connectivity index (χ4v) is 2.57. The number of hydrogen-bond donors (Lipinski definition) is 0. The minimum absolute atomic E-state index is 0.0131. The molecule has 0 radical (unpaired) electrons. The van der Waals surface area contributed by atoms with Gasteiger partial charge in [0.15, 0.2) is 0 Å². The molecule has 0 spiro atoms. The Morgan fingerprint density at radius 3 is 2.89 bits per heavy atom. The van der Waals surface area contributed by atoms with E-state index in [4.69, 9.17) is 9.47 Å². The molecule has 0 aromatic carbocycles. The van der Waals surface area contributed by atoms with Crippen LogP contribution in [0.1, 0.15) is 6.42 Å². The van der Waals surface area contributed by atoms with Crippen molar-refractivity contribution < 1.29 is 27.4 Å². The van der Waals surface area contributed by atoms with Crippen LogP contribution < -0.4 is 0 Å². The van der Waals surface area contributed by atoms with Gasteiger partial charge >= 0.3 is 12.1 Å². The van der Waals surface area contributed by atoms with Crippen LogP contribution in [0.25, 0.3) is 0 Å². The van der Waals surface area contributed by atoms with Gasteiger partial charge in [-0.25, -0.2) is 4.79 Å². The van der Waals surface area contributed by atoms with E-state index in [2.05, 4.69) is 0 Å². The number of hydrogen-bond acceptors (Lipinski definition) is 4. The lowest BCUT2D eigenvalue weighted by molar-refractivity contribution is -0.163. The predicted octanol–water partition coefficient (Wildman–Crippen LogP) is 1.12. The Labute approximate surface area is 102 Å². The normalized spacial score (nSPS) is 31.4. The van der Waals surface area contributed by atoms with E-state index in [9.17, 15) is 18.0 Å². The minimum atomic E-state index is -4.36. The van der Waals surface area contributed by atoms with Gasteiger partial charge in [0.05, 0.1) is 20.3 Å². The Kier molecular flexibility index (Phi) is 3.37. The molecule has 2 aliphatic rings. The third-order valence-electron chi connectivity index (χ3n) is 3.30. The van der Waals surface area contributed by atoms with Crippen molar-refractivity contribution >= 4 is 5.97 Å². The van der Waals surface area contributed by atoms with E-state index >= 15 is 0 Å². The van der Waals surface area contributed by atoms with Gasteiger partial charge in [0.25, 0.3) is 0 Å². The molecule has 2 fully saturated rings. The molecule has 4 nitrogen and oxygen atoms in total. The molecule has 0 N–H and O–H groups in total. The Morgan fingerprint density at radius 2 is 2.28 bits per heavy atom. The zero-order valence-corrected chi connectivity index (χ0v) is 9.92. The van der Waals surface area contributed by atoms with Crippen LogP contribution in [0.15, 0.2) is 11.6 Å². The predicted molar refractivity (Wildman–Crippen MR) is 55.9 cm³/mol. The number of halogens is 3. The summed E-state index contributed by atoms with van der Waals surface area (Å²) in [5.41, 5.74) is -0.886. The summed E-state index contributed by atoms with van der Waals surface area (Å²) < 4.78 is 47.0. The highest BCUT2D eigenvalue weighted by atomic mass is 19.4. The maximum absolute atomic E-state index is 12.4. The number of allylic oxidation sites excluding steroid dienone is 1. The van der Waals surface area contributed by atoms with Crippen molar-refractivity contribution in [2.75, 3.05) is 33.4 Å². The van der Waals surface area contributed by atoms with Gasteiger partial charge in [0, 0.05) is 25.6 Å². The van der Waals surface area contributed by atoms with E-state index in [1.807, 2.05) is 0 Å². The highest BCUT2D eigenvalue weighted by Gasteiger charge is 2.52. The van der Waals surface area contributed by atoms with Crippen LogP contribution in [-0.2, 0) is 14.3 Å². The van der Waals surface area contributed by atoms with E-state index < -0.39 is 17.7 Å². The van der Waals surface area contributed by atoms with Crippen molar-refractivity contribution in [1.29, 1.82) is 0 Å². The number of alkyl halides is 3. The fraction of sp³-hybridized carbons (Fsp3) is 0.727. The molecule has 18 heavy (non-hydrogen) atoms. The van der Waals surface area contributed by atoms with Gasteiger partial charge in [-0.3, -0.25) is 4.90 Å². The van der Waals surface area contributed by atoms with Crippen molar-refractivity contribution in [2.45, 2.75) is 18.1 Å². The number of rotatable bonds is 1. The molecule has 0 aromatic rings. The lowest BCUT2D eigenvalue weighted by Crippen LogP contribution is -2.58. The molecule has 1 atom stereocenters. The van der Waals surface area contributed by atoms with Gasteiger partial charge in [-0.05, 0) is 5.57 Å². The second kappa shape index (κ2) is 4.55. The van der Waals surface area contributed by atoms with Crippen molar-refractivity contribution in [3.05, 3.63) is 11.6 Å². The summed E-state index contributed by atoms with van der Waals surface area (Å²) in [5, 5.41) is 0. The third kappa shape index (κ3) is 2.37. The van der Waals surface area contributed by atoms with E-state index in [1.165, 1.54) is 7.11 Å². The molecule has 2 saturated heterocycles. The zero-order chi connectivity index (χ0) is 13.4. The molecule has 2 aliphatic heterocycles. The second-order valence-electron chi connectivity index (χ2n) is 4.52. The Bertz CT molecular complexity index is 380. The first-order valence-corrected chi connectivity index (χ1v) is 5.56. The number of morpholine rings is 1. The third-order valence-corrected chi connectivity index (χ3v) is 3.30. The molecule has 0 amide bonds. The first-order chi connectivity index (χ1) is 8.37. The molecule has 0 aromatic heterocycles. The maximum Gasteiger partial charge on any atom is 0.409 e. The summed E-state index contributed by atoms with van der Waals surface area (Å²) in [6.07, 6.45) is -4.07. The van der Waals surface area contributed by atoms with Crippen molar-refractivity contribution in [1.82, 2.24) is 4.90 Å². The summed E-state index contributed by atoms with van der Waals surface area (Å²) in [5.74, 6) is -0.534. The van der Waals surface area contributed by atoms with E-state index in [1.54, 1.807) is 4.90 Å². The van der Waals surface area contributed by atoms with Crippen molar-refractivity contribution in [2.24, 2.45) is 0 Å². The monoisotopic (exact) mass is 265 g/mol. The number of esters is 1. The molecule has 0 aliphatic carbocycles. The van der Waals surface area contributed by atoms with Gasteiger partial charge in [-0.2, -0.15) is 13.2 Å². The lowest BCUT2D eigenvalue weighted by Gasteiger charge is -2.38. The molecule has 2 heterocycles. The number of nitrogens with zero attached hydrogens (tertiary/aromatic N) is 1. The summed E-state index contributed by atoms with van der Waals surface area (Å²) in [4.78, 5) is 13.5. The number of ether oxygens (including phenoxy) is 2. The van der Waals surface area contributed by atoms with Crippen molar-refractivity contribution in [3.63, 3.8) is 0 Å². The first kappa shape index (κ1) is 13.4. The van der Waals surface area contributed by atoms with Crippen LogP contribution in [0, 0.1) is 0 Å². The summed E-state index contributed by atoms with van der Waals surface area (Å²) in [7, 11) is 1.23. The first-order valence-electron chi connectivity index (χ1n) is 5.56. The molecule has 102 valence electrons. The standard InChI is InChI=1S/C11H14F3NO3/c1-17-9(16)10-4-8(5-11(12,13)14)6-15(10)2-3-18-7-10/h5H,2-4,6-7H2,1H3/b8-5-. The maximum atomic E-state index is 12.4. The second-order valence-corrected chi connectivity index (χ2v) is 4.52. The van der Waals surface area contributed by atoms with Crippen LogP contribution in [0.5, 0.6) is 0 Å². The summed E-state index contributed by atoms with van der Waals surface area (Å²) in [6, 6.07) is 0. The summed E-state index contributed by atoms with van der Waals surface area (Å²) in [6.45, 7) is 1.06. The number of carbonyl (C=O) groups is 1. The van der Waals surface area contributed by atoms with Crippen molar-refractivity contribution in [3.8, 4) is 0 Å². The SMILES string of the molecule is COC(=O)C12COCCN1C/C(=C\C(F)(F)F)C2. The Morgan fingerprint density at radius 1 is 1.56 bits per heavy atom. The van der Waals surface area contributed by atoms with E-state index in [-0.39, 0.29) is 31.2 Å². The fourth-order valence-electron chi connectivity index (χ4n) is 2.57. The van der Waals surface area contributed by atoms with Gasteiger partial charge in [-0.1, -0.05) is 0 Å².